The van der Waals surface area contributed by atoms with Crippen LogP contribution in [0.15, 0.2) is 101 Å². The molecule has 0 saturated heterocycles. The van der Waals surface area contributed by atoms with Crippen molar-refractivity contribution >= 4 is 39.9 Å². The summed E-state index contributed by atoms with van der Waals surface area (Å²) in [5.74, 6) is -0.547. The molecule has 0 atom stereocenters. The lowest BCUT2D eigenvalue weighted by atomic mass is 10.1. The van der Waals surface area contributed by atoms with Gasteiger partial charge in [-0.2, -0.15) is 0 Å². The van der Waals surface area contributed by atoms with E-state index in [1.807, 2.05) is 66.0 Å². The Balaban J connectivity index is 1.32. The SMILES string of the molecule is O=C(O)CCNC(=O)c1ccc(CN(CCc2ccccc2)c2nc(-c3cc(-c4ccc(Cl)cc4)co3)cs2)cc1. The highest BCUT2D eigenvalue weighted by atomic mass is 35.5. The van der Waals surface area contributed by atoms with Crippen molar-refractivity contribution in [1.29, 1.82) is 0 Å². The van der Waals surface area contributed by atoms with Crippen molar-refractivity contribution < 1.29 is 19.1 Å². The number of nitrogens with zero attached hydrogens (tertiary/aromatic N) is 2. The van der Waals surface area contributed by atoms with E-state index in [1.54, 1.807) is 29.7 Å². The molecule has 0 unspecified atom stereocenters. The topological polar surface area (TPSA) is 95.7 Å². The highest BCUT2D eigenvalue weighted by Crippen LogP contribution is 2.33. The quantitative estimate of drug-likeness (QED) is 0.161. The maximum atomic E-state index is 12.3. The van der Waals surface area contributed by atoms with Crippen LogP contribution in [0.2, 0.25) is 5.02 Å². The molecule has 2 heterocycles. The van der Waals surface area contributed by atoms with Crippen LogP contribution in [0.5, 0.6) is 0 Å². The van der Waals surface area contributed by atoms with E-state index in [2.05, 4.69) is 22.3 Å². The lowest BCUT2D eigenvalue weighted by Gasteiger charge is -2.22. The van der Waals surface area contributed by atoms with Crippen molar-refractivity contribution in [3.05, 3.63) is 118 Å². The molecule has 7 nitrogen and oxygen atoms in total. The normalized spacial score (nSPS) is 10.9. The lowest BCUT2D eigenvalue weighted by Crippen LogP contribution is -2.26. The Hall–Kier alpha value is -4.40. The zero-order valence-electron chi connectivity index (χ0n) is 22.1. The number of nitrogens with one attached hydrogen (secondary N) is 1. The fourth-order valence-electron chi connectivity index (χ4n) is 4.30. The third-order valence-corrected chi connectivity index (χ3v) is 7.67. The minimum Gasteiger partial charge on any atom is -0.481 e. The fourth-order valence-corrected chi connectivity index (χ4v) is 5.27. The van der Waals surface area contributed by atoms with Gasteiger partial charge in [0.25, 0.3) is 5.91 Å². The predicted octanol–water partition coefficient (Wildman–Crippen LogP) is 7.18. The van der Waals surface area contributed by atoms with Gasteiger partial charge in [-0.25, -0.2) is 4.98 Å². The smallest absolute Gasteiger partial charge is 0.305 e. The molecule has 0 bridgehead atoms. The Labute approximate surface area is 247 Å². The van der Waals surface area contributed by atoms with Crippen LogP contribution in [-0.2, 0) is 17.8 Å². The summed E-state index contributed by atoms with van der Waals surface area (Å²) >= 11 is 7.59. The third kappa shape index (κ3) is 7.63. The van der Waals surface area contributed by atoms with E-state index in [0.29, 0.717) is 22.9 Å². The number of benzene rings is 3. The average molecular weight is 586 g/mol. The van der Waals surface area contributed by atoms with Gasteiger partial charge in [-0.05, 0) is 53.4 Å². The number of hydrogen-bond acceptors (Lipinski definition) is 6. The van der Waals surface area contributed by atoms with Gasteiger partial charge < -0.3 is 19.7 Å². The van der Waals surface area contributed by atoms with Crippen LogP contribution >= 0.6 is 22.9 Å². The molecule has 208 valence electrons. The third-order valence-electron chi connectivity index (χ3n) is 6.52. The number of aliphatic carboxylic acids is 1. The zero-order chi connectivity index (χ0) is 28.6. The van der Waals surface area contributed by atoms with Crippen molar-refractivity contribution in [3.8, 4) is 22.6 Å². The molecule has 5 rings (SSSR count). The molecule has 0 radical (unpaired) electrons. The molecule has 0 aliphatic carbocycles. The molecule has 3 aromatic carbocycles. The molecule has 41 heavy (non-hydrogen) atoms. The van der Waals surface area contributed by atoms with Gasteiger partial charge in [-0.15, -0.1) is 11.3 Å². The first kappa shape index (κ1) is 28.1. The van der Waals surface area contributed by atoms with E-state index in [1.165, 1.54) is 5.56 Å². The van der Waals surface area contributed by atoms with E-state index in [4.69, 9.17) is 26.1 Å². The number of anilines is 1. The Morgan fingerprint density at radius 2 is 1.71 bits per heavy atom. The van der Waals surface area contributed by atoms with Crippen LogP contribution < -0.4 is 10.2 Å². The monoisotopic (exact) mass is 585 g/mol. The molecule has 1 amide bonds. The molecule has 9 heteroatoms. The van der Waals surface area contributed by atoms with Crippen molar-refractivity contribution in [1.82, 2.24) is 10.3 Å². The number of aromatic nitrogens is 1. The van der Waals surface area contributed by atoms with Crippen LogP contribution in [0.4, 0.5) is 5.13 Å². The van der Waals surface area contributed by atoms with Crippen LogP contribution in [0, 0.1) is 0 Å². The van der Waals surface area contributed by atoms with Crippen molar-refractivity contribution in [2.24, 2.45) is 0 Å². The van der Waals surface area contributed by atoms with Gasteiger partial charge in [0.15, 0.2) is 10.9 Å². The number of furan rings is 1. The molecular weight excluding hydrogens is 558 g/mol. The van der Waals surface area contributed by atoms with Crippen molar-refractivity contribution in [2.45, 2.75) is 19.4 Å². The molecule has 0 aliphatic rings. The minimum atomic E-state index is -0.948. The van der Waals surface area contributed by atoms with Gasteiger partial charge in [0.05, 0.1) is 12.7 Å². The zero-order valence-corrected chi connectivity index (χ0v) is 23.7. The van der Waals surface area contributed by atoms with Crippen LogP contribution in [0.3, 0.4) is 0 Å². The number of hydrogen-bond donors (Lipinski definition) is 2. The van der Waals surface area contributed by atoms with E-state index >= 15 is 0 Å². The maximum absolute atomic E-state index is 12.3. The number of carbonyl (C=O) groups is 2. The minimum absolute atomic E-state index is 0.0897. The summed E-state index contributed by atoms with van der Waals surface area (Å²) in [6.07, 6.45) is 2.46. The molecule has 2 N–H and O–H groups in total. The summed E-state index contributed by atoms with van der Waals surface area (Å²) < 4.78 is 5.87. The Bertz CT molecular complexity index is 1600. The van der Waals surface area contributed by atoms with E-state index < -0.39 is 5.97 Å². The number of carboxylic acid groups (broad SMARTS) is 1. The number of carboxylic acids is 1. The van der Waals surface area contributed by atoms with Gasteiger partial charge in [0, 0.05) is 41.2 Å². The fraction of sp³-hybridized carbons (Fsp3) is 0.156. The van der Waals surface area contributed by atoms with Crippen LogP contribution in [-0.4, -0.2) is 35.1 Å². The first-order valence-corrected chi connectivity index (χ1v) is 14.4. The van der Waals surface area contributed by atoms with Gasteiger partial charge >= 0.3 is 5.97 Å². The predicted molar refractivity (Wildman–Crippen MR) is 162 cm³/mol. The Morgan fingerprint density at radius 1 is 0.951 bits per heavy atom. The molecule has 0 saturated carbocycles. The summed E-state index contributed by atoms with van der Waals surface area (Å²) in [6, 6.07) is 27.3. The van der Waals surface area contributed by atoms with Gasteiger partial charge in [-0.1, -0.05) is 66.2 Å². The first-order chi connectivity index (χ1) is 19.9. The molecular formula is C32H28ClN3O4S. The number of carbonyl (C=O) groups excluding carboxylic acids is 1. The summed E-state index contributed by atoms with van der Waals surface area (Å²) in [7, 11) is 0. The lowest BCUT2D eigenvalue weighted by molar-refractivity contribution is -0.136. The number of amides is 1. The number of rotatable bonds is 12. The van der Waals surface area contributed by atoms with Crippen LogP contribution in [0.1, 0.15) is 27.9 Å². The summed E-state index contributed by atoms with van der Waals surface area (Å²) in [5.41, 5.74) is 5.49. The Kier molecular flexibility index (Phi) is 9.13. The molecule has 0 fully saturated rings. The first-order valence-electron chi connectivity index (χ1n) is 13.1. The largest absolute Gasteiger partial charge is 0.481 e. The highest BCUT2D eigenvalue weighted by molar-refractivity contribution is 7.14. The van der Waals surface area contributed by atoms with Gasteiger partial charge in [0.2, 0.25) is 0 Å². The van der Waals surface area contributed by atoms with Crippen LogP contribution in [0.25, 0.3) is 22.6 Å². The molecule has 0 spiro atoms. The van der Waals surface area contributed by atoms with E-state index in [-0.39, 0.29) is 18.9 Å². The van der Waals surface area contributed by atoms with Gasteiger partial charge in [0.1, 0.15) is 5.69 Å². The molecule has 5 aromatic rings. The van der Waals surface area contributed by atoms with E-state index in [0.717, 1.165) is 40.5 Å². The second-order valence-electron chi connectivity index (χ2n) is 9.48. The number of thiazole rings is 1. The summed E-state index contributed by atoms with van der Waals surface area (Å²) in [4.78, 5) is 30.2. The molecule has 0 aliphatic heterocycles. The van der Waals surface area contributed by atoms with Crippen molar-refractivity contribution in [2.75, 3.05) is 18.0 Å². The summed E-state index contributed by atoms with van der Waals surface area (Å²) in [6.45, 7) is 1.45. The standard InChI is InChI=1S/C32H28ClN3O4S/c33-27-12-10-24(11-13-27)26-18-29(40-20-26)28-21-41-32(35-28)36(17-15-22-4-2-1-3-5-22)19-23-6-8-25(9-7-23)31(39)34-16-14-30(37)38/h1-13,18,20-21H,14-17,19H2,(H,34,39)(H,37,38). The van der Waals surface area contributed by atoms with E-state index in [9.17, 15) is 9.59 Å². The van der Waals surface area contributed by atoms with Gasteiger partial charge in [-0.3, -0.25) is 9.59 Å². The highest BCUT2D eigenvalue weighted by Gasteiger charge is 2.16. The second-order valence-corrected chi connectivity index (χ2v) is 10.7. The summed E-state index contributed by atoms with van der Waals surface area (Å²) in [5, 5.41) is 15.0. The number of halogens is 1. The second kappa shape index (κ2) is 13.3. The Morgan fingerprint density at radius 3 is 2.44 bits per heavy atom. The average Bonchev–Trinajstić information content (AvgIpc) is 3.67. The van der Waals surface area contributed by atoms with Crippen molar-refractivity contribution in [3.63, 3.8) is 0 Å². The maximum Gasteiger partial charge on any atom is 0.305 e. The molecule has 2 aromatic heterocycles.